The molecule has 2 atom stereocenters. The number of carbonyl (C=O) groups is 1. The van der Waals surface area contributed by atoms with E-state index in [1.165, 1.54) is 7.11 Å². The summed E-state index contributed by atoms with van der Waals surface area (Å²) >= 11 is 0. The van der Waals surface area contributed by atoms with Gasteiger partial charge in [-0.25, -0.2) is 9.97 Å². The number of anilines is 1. The van der Waals surface area contributed by atoms with Crippen molar-refractivity contribution >= 4 is 11.9 Å². The third-order valence-corrected chi connectivity index (χ3v) is 3.57. The van der Waals surface area contributed by atoms with E-state index in [1.807, 2.05) is 4.90 Å². The second-order valence-corrected chi connectivity index (χ2v) is 5.23. The number of nitrogens with zero attached hydrogens (tertiary/aromatic N) is 4. The predicted molar refractivity (Wildman–Crippen MR) is 77.9 cm³/mol. The topological polar surface area (TPSA) is 78.8 Å². The third-order valence-electron chi connectivity index (χ3n) is 3.57. The lowest BCUT2D eigenvalue weighted by atomic mass is 10.2. The number of aromatic nitrogens is 2. The quantitative estimate of drug-likeness (QED) is 0.790. The zero-order valence-corrected chi connectivity index (χ0v) is 12.5. The maximum absolute atomic E-state index is 12.5. The summed E-state index contributed by atoms with van der Waals surface area (Å²) in [6.45, 7) is 1.25. The van der Waals surface area contributed by atoms with E-state index in [4.69, 9.17) is 4.74 Å². The van der Waals surface area contributed by atoms with E-state index in [0.717, 1.165) is 19.4 Å². The largest absolute Gasteiger partial charge is 0.389 e. The zero-order chi connectivity index (χ0) is 15.2. The molecule has 0 aliphatic carbocycles. The molecule has 1 aromatic heterocycles. The Labute approximate surface area is 124 Å². The molecule has 7 nitrogen and oxygen atoms in total. The van der Waals surface area contributed by atoms with Crippen molar-refractivity contribution in [1.82, 2.24) is 14.9 Å². The molecule has 0 aromatic carbocycles. The standard InChI is InChI=1S/C14H22N4O3/c1-17(9-11(19)10-21-2)13(20)12-5-3-8-18(12)14-15-6-4-7-16-14/h4,6-7,11-12,19H,3,5,8-10H2,1-2H3. The molecule has 1 N–H and O–H groups in total. The van der Waals surface area contributed by atoms with E-state index in [1.54, 1.807) is 30.4 Å². The zero-order valence-electron chi connectivity index (χ0n) is 12.5. The molecule has 0 bridgehead atoms. The number of carbonyl (C=O) groups excluding carboxylic acids is 1. The predicted octanol–water partition coefficient (Wildman–Crippen LogP) is -0.0889. The molecule has 1 fully saturated rings. The van der Waals surface area contributed by atoms with Gasteiger partial charge in [-0.1, -0.05) is 0 Å². The lowest BCUT2D eigenvalue weighted by molar-refractivity contribution is -0.132. The maximum atomic E-state index is 12.5. The first-order chi connectivity index (χ1) is 10.1. The van der Waals surface area contributed by atoms with Crippen LogP contribution in [0.3, 0.4) is 0 Å². The first-order valence-electron chi connectivity index (χ1n) is 7.09. The van der Waals surface area contributed by atoms with Crippen molar-refractivity contribution in [2.24, 2.45) is 0 Å². The average molecular weight is 294 g/mol. The Morgan fingerprint density at radius 3 is 2.95 bits per heavy atom. The SMILES string of the molecule is COCC(O)CN(C)C(=O)C1CCCN1c1ncccn1. The third kappa shape index (κ3) is 3.89. The van der Waals surface area contributed by atoms with Crippen molar-refractivity contribution < 1.29 is 14.6 Å². The van der Waals surface area contributed by atoms with Gasteiger partial charge < -0.3 is 19.6 Å². The molecule has 0 saturated carbocycles. The van der Waals surface area contributed by atoms with Gasteiger partial charge in [-0.3, -0.25) is 4.79 Å². The lowest BCUT2D eigenvalue weighted by Gasteiger charge is -2.28. The highest BCUT2D eigenvalue weighted by Crippen LogP contribution is 2.23. The Morgan fingerprint density at radius 1 is 1.57 bits per heavy atom. The van der Waals surface area contributed by atoms with Crippen molar-refractivity contribution in [2.45, 2.75) is 25.0 Å². The summed E-state index contributed by atoms with van der Waals surface area (Å²) in [4.78, 5) is 24.5. The van der Waals surface area contributed by atoms with Crippen molar-refractivity contribution in [3.8, 4) is 0 Å². The number of hydrogen-bond donors (Lipinski definition) is 1. The van der Waals surface area contributed by atoms with Gasteiger partial charge in [-0.15, -0.1) is 0 Å². The molecular formula is C14H22N4O3. The summed E-state index contributed by atoms with van der Waals surface area (Å²) in [5.41, 5.74) is 0. The Balaban J connectivity index is 2.00. The number of aliphatic hydroxyl groups is 1. The molecular weight excluding hydrogens is 272 g/mol. The molecule has 0 radical (unpaired) electrons. The van der Waals surface area contributed by atoms with Gasteiger partial charge in [0.05, 0.1) is 12.7 Å². The van der Waals surface area contributed by atoms with Crippen molar-refractivity contribution in [3.05, 3.63) is 18.5 Å². The monoisotopic (exact) mass is 294 g/mol. The fraction of sp³-hybridized carbons (Fsp3) is 0.643. The van der Waals surface area contributed by atoms with Crippen LogP contribution < -0.4 is 4.90 Å². The first kappa shape index (κ1) is 15.7. The van der Waals surface area contributed by atoms with Crippen LogP contribution in [0.4, 0.5) is 5.95 Å². The average Bonchev–Trinajstić information content (AvgIpc) is 2.96. The molecule has 2 heterocycles. The summed E-state index contributed by atoms with van der Waals surface area (Å²) < 4.78 is 4.88. The van der Waals surface area contributed by atoms with Crippen molar-refractivity contribution in [2.75, 3.05) is 38.8 Å². The van der Waals surface area contributed by atoms with Crippen molar-refractivity contribution in [1.29, 1.82) is 0 Å². The molecule has 2 unspecified atom stereocenters. The highest BCUT2D eigenvalue weighted by Gasteiger charge is 2.34. The van der Waals surface area contributed by atoms with Crippen LogP contribution in [-0.4, -0.2) is 71.9 Å². The van der Waals surface area contributed by atoms with Crippen LogP contribution in [0.1, 0.15) is 12.8 Å². The number of rotatable bonds is 6. The highest BCUT2D eigenvalue weighted by molar-refractivity contribution is 5.85. The molecule has 116 valence electrons. The van der Waals surface area contributed by atoms with Crippen LogP contribution in [0.2, 0.25) is 0 Å². The van der Waals surface area contributed by atoms with Gasteiger partial charge in [-0.05, 0) is 18.9 Å². The summed E-state index contributed by atoms with van der Waals surface area (Å²) in [6.07, 6.45) is 4.39. The van der Waals surface area contributed by atoms with Crippen LogP contribution in [0.15, 0.2) is 18.5 Å². The highest BCUT2D eigenvalue weighted by atomic mass is 16.5. The fourth-order valence-corrected chi connectivity index (χ4v) is 2.61. The van der Waals surface area contributed by atoms with E-state index in [2.05, 4.69) is 9.97 Å². The summed E-state index contributed by atoms with van der Waals surface area (Å²) in [5.74, 6) is 0.564. The second kappa shape index (κ2) is 7.33. The van der Waals surface area contributed by atoms with Crippen LogP contribution in [-0.2, 0) is 9.53 Å². The van der Waals surface area contributed by atoms with Gasteiger partial charge in [0.1, 0.15) is 6.04 Å². The number of ether oxygens (including phenoxy) is 1. The van der Waals surface area contributed by atoms with Crippen LogP contribution in [0.5, 0.6) is 0 Å². The van der Waals surface area contributed by atoms with E-state index in [9.17, 15) is 9.90 Å². The normalized spacial score (nSPS) is 19.6. The van der Waals surface area contributed by atoms with E-state index < -0.39 is 6.10 Å². The van der Waals surface area contributed by atoms with Crippen LogP contribution in [0.25, 0.3) is 0 Å². The van der Waals surface area contributed by atoms with E-state index in [-0.39, 0.29) is 25.1 Å². The smallest absolute Gasteiger partial charge is 0.245 e. The van der Waals surface area contributed by atoms with Gasteiger partial charge in [0.15, 0.2) is 0 Å². The molecule has 1 aliphatic rings. The van der Waals surface area contributed by atoms with Gasteiger partial charge in [-0.2, -0.15) is 0 Å². The molecule has 2 rings (SSSR count). The number of likely N-dealkylation sites (N-methyl/N-ethyl adjacent to an activating group) is 1. The molecule has 1 aromatic rings. The molecule has 0 spiro atoms. The van der Waals surface area contributed by atoms with Crippen LogP contribution >= 0.6 is 0 Å². The molecule has 1 amide bonds. The number of amides is 1. The van der Waals surface area contributed by atoms with E-state index in [0.29, 0.717) is 5.95 Å². The summed E-state index contributed by atoms with van der Waals surface area (Å²) in [7, 11) is 3.22. The Bertz CT molecular complexity index is 457. The summed E-state index contributed by atoms with van der Waals surface area (Å²) in [6, 6.07) is 1.50. The van der Waals surface area contributed by atoms with E-state index >= 15 is 0 Å². The minimum absolute atomic E-state index is 0.0184. The van der Waals surface area contributed by atoms with Gasteiger partial charge in [0.25, 0.3) is 0 Å². The molecule has 1 aliphatic heterocycles. The lowest BCUT2D eigenvalue weighted by Crippen LogP contribution is -2.47. The number of methoxy groups -OCH3 is 1. The minimum atomic E-state index is -0.674. The molecule has 7 heteroatoms. The van der Waals surface area contributed by atoms with Crippen molar-refractivity contribution in [3.63, 3.8) is 0 Å². The van der Waals surface area contributed by atoms with Gasteiger partial charge in [0.2, 0.25) is 11.9 Å². The molecule has 1 saturated heterocycles. The Kier molecular flexibility index (Phi) is 5.46. The van der Waals surface area contributed by atoms with Gasteiger partial charge in [0, 0.05) is 39.6 Å². The summed E-state index contributed by atoms with van der Waals surface area (Å²) in [5, 5.41) is 9.74. The second-order valence-electron chi connectivity index (χ2n) is 5.23. The fourth-order valence-electron chi connectivity index (χ4n) is 2.61. The Morgan fingerprint density at radius 2 is 2.29 bits per heavy atom. The first-order valence-corrected chi connectivity index (χ1v) is 7.09. The molecule has 21 heavy (non-hydrogen) atoms. The number of hydrogen-bond acceptors (Lipinski definition) is 6. The maximum Gasteiger partial charge on any atom is 0.245 e. The Hall–Kier alpha value is -1.73. The van der Waals surface area contributed by atoms with Crippen LogP contribution in [0, 0.1) is 0 Å². The minimum Gasteiger partial charge on any atom is -0.389 e. The van der Waals surface area contributed by atoms with Gasteiger partial charge >= 0.3 is 0 Å². The number of aliphatic hydroxyl groups excluding tert-OH is 1.